The molecule has 0 spiro atoms. The van der Waals surface area contributed by atoms with Crippen LogP contribution in [0.5, 0.6) is 0 Å². The number of hydrogen-bond donors (Lipinski definition) is 1. The van der Waals surface area contributed by atoms with Crippen LogP contribution in [0.4, 0.5) is 23.7 Å². The average molecular weight is 420 g/mol. The van der Waals surface area contributed by atoms with Crippen LogP contribution in [-0.4, -0.2) is 61.6 Å². The SMILES string of the molecule is Cn1nnc(-c2ccc(-c3ccc(N4C[C@H](C(O)C(F)F)OC4=O)cc3F)cn2)n1. The van der Waals surface area contributed by atoms with Crippen LogP contribution in [-0.2, 0) is 11.8 Å². The third-order valence-corrected chi connectivity index (χ3v) is 4.55. The van der Waals surface area contributed by atoms with E-state index in [0.717, 1.165) is 11.0 Å². The highest BCUT2D eigenvalue weighted by molar-refractivity contribution is 5.90. The lowest BCUT2D eigenvalue weighted by molar-refractivity contribution is -0.0641. The second-order valence-corrected chi connectivity index (χ2v) is 6.56. The van der Waals surface area contributed by atoms with Crippen molar-refractivity contribution in [3.8, 4) is 22.6 Å². The maximum atomic E-state index is 14.7. The van der Waals surface area contributed by atoms with E-state index in [1.807, 2.05) is 0 Å². The lowest BCUT2D eigenvalue weighted by atomic mass is 10.1. The molecule has 3 heterocycles. The van der Waals surface area contributed by atoms with Gasteiger partial charge in [0, 0.05) is 17.3 Å². The summed E-state index contributed by atoms with van der Waals surface area (Å²) in [4.78, 5) is 18.4. The summed E-state index contributed by atoms with van der Waals surface area (Å²) in [5, 5.41) is 21.0. The summed E-state index contributed by atoms with van der Waals surface area (Å²) >= 11 is 0. The zero-order valence-electron chi connectivity index (χ0n) is 15.5. The second-order valence-electron chi connectivity index (χ2n) is 6.56. The van der Waals surface area contributed by atoms with E-state index in [0.29, 0.717) is 17.1 Å². The summed E-state index contributed by atoms with van der Waals surface area (Å²) < 4.78 is 44.8. The van der Waals surface area contributed by atoms with Gasteiger partial charge in [-0.25, -0.2) is 18.0 Å². The number of benzene rings is 1. The molecule has 0 saturated carbocycles. The molecule has 0 radical (unpaired) electrons. The van der Waals surface area contributed by atoms with Gasteiger partial charge < -0.3 is 9.84 Å². The first-order valence-electron chi connectivity index (χ1n) is 8.78. The van der Waals surface area contributed by atoms with E-state index in [-0.39, 0.29) is 17.8 Å². The number of aryl methyl sites for hydroxylation is 1. The molecule has 4 rings (SSSR count). The zero-order valence-corrected chi connectivity index (χ0v) is 15.5. The second kappa shape index (κ2) is 7.71. The van der Waals surface area contributed by atoms with Crippen molar-refractivity contribution in [1.29, 1.82) is 0 Å². The Morgan fingerprint density at radius 2 is 2.07 bits per heavy atom. The summed E-state index contributed by atoms with van der Waals surface area (Å²) in [6.07, 6.45) is -6.06. The highest BCUT2D eigenvalue weighted by atomic mass is 19.3. The van der Waals surface area contributed by atoms with Crippen molar-refractivity contribution in [2.24, 2.45) is 7.05 Å². The Kier molecular flexibility index (Phi) is 5.08. The first-order chi connectivity index (χ1) is 14.3. The van der Waals surface area contributed by atoms with E-state index >= 15 is 0 Å². The molecule has 156 valence electrons. The molecule has 30 heavy (non-hydrogen) atoms. The fraction of sp³-hybridized carbons (Fsp3) is 0.278. The lowest BCUT2D eigenvalue weighted by Crippen LogP contribution is -2.36. The molecule has 9 nitrogen and oxygen atoms in total. The fourth-order valence-electron chi connectivity index (χ4n) is 3.01. The Bertz CT molecular complexity index is 1080. The van der Waals surface area contributed by atoms with Gasteiger partial charge in [0.15, 0.2) is 12.2 Å². The number of rotatable bonds is 5. The number of carbonyl (C=O) groups excluding carboxylic acids is 1. The molecule has 1 aromatic carbocycles. The Labute approximate surface area is 167 Å². The smallest absolute Gasteiger partial charge is 0.414 e. The number of cyclic esters (lactones) is 1. The normalized spacial score (nSPS) is 17.5. The van der Waals surface area contributed by atoms with Crippen LogP contribution in [0.1, 0.15) is 0 Å². The predicted molar refractivity (Wildman–Crippen MR) is 97.0 cm³/mol. The van der Waals surface area contributed by atoms with Gasteiger partial charge in [-0.15, -0.1) is 10.2 Å². The van der Waals surface area contributed by atoms with Crippen molar-refractivity contribution in [3.05, 3.63) is 42.3 Å². The van der Waals surface area contributed by atoms with Gasteiger partial charge in [-0.05, 0) is 29.5 Å². The Hall–Kier alpha value is -3.54. The van der Waals surface area contributed by atoms with Crippen LogP contribution >= 0.6 is 0 Å². The van der Waals surface area contributed by atoms with E-state index in [4.69, 9.17) is 4.74 Å². The largest absolute Gasteiger partial charge is 0.441 e. The molecule has 0 bridgehead atoms. The van der Waals surface area contributed by atoms with E-state index in [1.54, 1.807) is 19.2 Å². The minimum Gasteiger partial charge on any atom is -0.441 e. The Morgan fingerprint density at radius 1 is 1.27 bits per heavy atom. The van der Waals surface area contributed by atoms with Gasteiger partial charge in [0.1, 0.15) is 11.5 Å². The number of aliphatic hydroxyl groups is 1. The standard InChI is InChI=1S/C18H15F3N6O3/c1-26-24-17(23-25-26)13-5-2-9(7-22-13)11-4-3-10(6-12(11)19)27-8-14(30-18(27)29)15(28)16(20)21/h2-7,14-16,28H,8H2,1H3/t14-,15?/m1/s1. The van der Waals surface area contributed by atoms with E-state index < -0.39 is 30.5 Å². The maximum absolute atomic E-state index is 14.7. The van der Waals surface area contributed by atoms with Gasteiger partial charge in [-0.1, -0.05) is 6.07 Å². The topological polar surface area (TPSA) is 106 Å². The van der Waals surface area contributed by atoms with Gasteiger partial charge in [-0.2, -0.15) is 4.80 Å². The van der Waals surface area contributed by atoms with Gasteiger partial charge in [0.05, 0.1) is 19.3 Å². The monoisotopic (exact) mass is 420 g/mol. The van der Waals surface area contributed by atoms with Crippen molar-refractivity contribution in [2.45, 2.75) is 18.6 Å². The van der Waals surface area contributed by atoms with Crippen LogP contribution in [0.2, 0.25) is 0 Å². The summed E-state index contributed by atoms with van der Waals surface area (Å²) in [7, 11) is 1.62. The number of pyridine rings is 1. The van der Waals surface area contributed by atoms with Crippen LogP contribution in [0.25, 0.3) is 22.6 Å². The molecule has 1 N–H and O–H groups in total. The van der Waals surface area contributed by atoms with Crippen LogP contribution in [0.15, 0.2) is 36.5 Å². The molecule has 1 amide bonds. The number of ether oxygens (including phenoxy) is 1. The lowest BCUT2D eigenvalue weighted by Gasteiger charge is -2.16. The molecule has 1 fully saturated rings. The first kappa shape index (κ1) is 19.8. The summed E-state index contributed by atoms with van der Waals surface area (Å²) in [5.41, 5.74) is 1.29. The number of nitrogens with zero attached hydrogens (tertiary/aromatic N) is 6. The number of aromatic nitrogens is 5. The predicted octanol–water partition coefficient (Wildman–Crippen LogP) is 2.03. The molecule has 12 heteroatoms. The zero-order chi connectivity index (χ0) is 21.4. The van der Waals surface area contributed by atoms with Crippen LogP contribution in [0, 0.1) is 5.82 Å². The van der Waals surface area contributed by atoms with E-state index in [9.17, 15) is 23.1 Å². The number of carbonyl (C=O) groups is 1. The number of hydrogen-bond acceptors (Lipinski definition) is 7. The third-order valence-electron chi connectivity index (χ3n) is 4.55. The summed E-state index contributed by atoms with van der Waals surface area (Å²) in [6.45, 7) is -0.315. The molecule has 2 aromatic heterocycles. The molecule has 2 atom stereocenters. The van der Waals surface area contributed by atoms with Gasteiger partial charge in [0.25, 0.3) is 6.43 Å². The quantitative estimate of drug-likeness (QED) is 0.673. The van der Waals surface area contributed by atoms with Crippen molar-refractivity contribution in [2.75, 3.05) is 11.4 Å². The van der Waals surface area contributed by atoms with Gasteiger partial charge in [-0.3, -0.25) is 9.88 Å². The average Bonchev–Trinajstić information content (AvgIpc) is 3.33. The van der Waals surface area contributed by atoms with E-state index in [2.05, 4.69) is 20.4 Å². The van der Waals surface area contributed by atoms with Crippen molar-refractivity contribution < 1.29 is 27.8 Å². The first-order valence-corrected chi connectivity index (χ1v) is 8.78. The highest BCUT2D eigenvalue weighted by Crippen LogP contribution is 2.30. The van der Waals surface area contributed by atoms with E-state index in [1.165, 1.54) is 23.1 Å². The molecule has 1 unspecified atom stereocenters. The molecule has 1 aliphatic heterocycles. The van der Waals surface area contributed by atoms with Gasteiger partial charge >= 0.3 is 6.09 Å². The van der Waals surface area contributed by atoms with Crippen molar-refractivity contribution in [1.82, 2.24) is 25.2 Å². The number of amides is 1. The minimum absolute atomic E-state index is 0.124. The number of tetrazole rings is 1. The number of alkyl halides is 2. The number of halogens is 3. The highest BCUT2D eigenvalue weighted by Gasteiger charge is 2.40. The number of anilines is 1. The molecule has 0 aliphatic carbocycles. The molecular formula is C18H15F3N6O3. The Balaban J connectivity index is 1.54. The summed E-state index contributed by atoms with van der Waals surface area (Å²) in [5.74, 6) is -0.321. The molecule has 1 saturated heterocycles. The van der Waals surface area contributed by atoms with Crippen molar-refractivity contribution in [3.63, 3.8) is 0 Å². The van der Waals surface area contributed by atoms with Crippen LogP contribution < -0.4 is 4.90 Å². The third kappa shape index (κ3) is 3.68. The Morgan fingerprint density at radius 3 is 2.67 bits per heavy atom. The molecule has 1 aliphatic rings. The number of aliphatic hydroxyl groups excluding tert-OH is 1. The molecular weight excluding hydrogens is 405 g/mol. The molecule has 3 aromatic rings. The summed E-state index contributed by atoms with van der Waals surface area (Å²) in [6, 6.07) is 7.23. The fourth-order valence-corrected chi connectivity index (χ4v) is 3.01. The van der Waals surface area contributed by atoms with Crippen molar-refractivity contribution >= 4 is 11.8 Å². The van der Waals surface area contributed by atoms with Gasteiger partial charge in [0.2, 0.25) is 5.82 Å². The van der Waals surface area contributed by atoms with Crippen LogP contribution in [0.3, 0.4) is 0 Å². The minimum atomic E-state index is -3.06. The maximum Gasteiger partial charge on any atom is 0.414 e.